The Balaban J connectivity index is 1.75. The molecule has 110 valence electrons. The van der Waals surface area contributed by atoms with Gasteiger partial charge in [-0.2, -0.15) is 11.8 Å². The Morgan fingerprint density at radius 2 is 2.35 bits per heavy atom. The minimum Gasteiger partial charge on any atom is -0.484 e. The molecule has 5 heteroatoms. The lowest BCUT2D eigenvalue weighted by Crippen LogP contribution is -2.41. The Hall–Kier alpha value is -1.36. The average molecular weight is 294 g/mol. The van der Waals surface area contributed by atoms with Crippen LogP contribution in [0.2, 0.25) is 0 Å². The Morgan fingerprint density at radius 1 is 1.50 bits per heavy atom. The SMILES string of the molecule is CSC1CCCC(NC(=O)COc2cccc(N)c2)C1. The summed E-state index contributed by atoms with van der Waals surface area (Å²) >= 11 is 1.89. The summed E-state index contributed by atoms with van der Waals surface area (Å²) in [5, 5.41) is 3.73. The standard InChI is InChI=1S/C15H22N2O2S/c1-20-14-7-3-5-12(9-14)17-15(18)10-19-13-6-2-4-11(16)8-13/h2,4,6,8,12,14H,3,5,7,9-10,16H2,1H3,(H,17,18). The number of thioether (sulfide) groups is 1. The number of hydrogen-bond donors (Lipinski definition) is 2. The third-order valence-electron chi connectivity index (χ3n) is 3.55. The van der Waals surface area contributed by atoms with Crippen LogP contribution in [0.5, 0.6) is 5.75 Å². The molecule has 1 saturated carbocycles. The molecule has 2 unspecified atom stereocenters. The summed E-state index contributed by atoms with van der Waals surface area (Å²) in [5.41, 5.74) is 6.30. The van der Waals surface area contributed by atoms with Gasteiger partial charge in [0.1, 0.15) is 5.75 Å². The van der Waals surface area contributed by atoms with E-state index in [1.54, 1.807) is 18.2 Å². The molecule has 20 heavy (non-hydrogen) atoms. The molecule has 0 saturated heterocycles. The average Bonchev–Trinajstić information content (AvgIpc) is 2.45. The van der Waals surface area contributed by atoms with E-state index in [0.29, 0.717) is 16.7 Å². The van der Waals surface area contributed by atoms with E-state index < -0.39 is 0 Å². The van der Waals surface area contributed by atoms with E-state index >= 15 is 0 Å². The Labute approximate surface area is 124 Å². The molecule has 3 N–H and O–H groups in total. The summed E-state index contributed by atoms with van der Waals surface area (Å²) in [5.74, 6) is 0.574. The molecule has 1 aromatic carbocycles. The smallest absolute Gasteiger partial charge is 0.258 e. The van der Waals surface area contributed by atoms with E-state index in [2.05, 4.69) is 11.6 Å². The van der Waals surface area contributed by atoms with E-state index in [-0.39, 0.29) is 18.6 Å². The Morgan fingerprint density at radius 3 is 3.10 bits per heavy atom. The van der Waals surface area contributed by atoms with Gasteiger partial charge in [-0.05, 0) is 37.7 Å². The fourth-order valence-electron chi connectivity index (χ4n) is 2.51. The summed E-state index contributed by atoms with van der Waals surface area (Å²) in [6.45, 7) is 0.0455. The number of benzene rings is 1. The zero-order valence-electron chi connectivity index (χ0n) is 11.8. The van der Waals surface area contributed by atoms with Gasteiger partial charge in [-0.3, -0.25) is 4.79 Å². The molecule has 0 spiro atoms. The Bertz CT molecular complexity index is 453. The first kappa shape index (κ1) is 15.0. The van der Waals surface area contributed by atoms with E-state index in [1.807, 2.05) is 17.8 Å². The van der Waals surface area contributed by atoms with Crippen LogP contribution in [0.15, 0.2) is 24.3 Å². The monoisotopic (exact) mass is 294 g/mol. The van der Waals surface area contributed by atoms with Gasteiger partial charge >= 0.3 is 0 Å². The van der Waals surface area contributed by atoms with Crippen molar-refractivity contribution in [1.29, 1.82) is 0 Å². The van der Waals surface area contributed by atoms with Crippen LogP contribution in [0.1, 0.15) is 25.7 Å². The van der Waals surface area contributed by atoms with Crippen molar-refractivity contribution in [1.82, 2.24) is 5.32 Å². The van der Waals surface area contributed by atoms with Gasteiger partial charge in [-0.1, -0.05) is 12.5 Å². The maximum atomic E-state index is 11.9. The zero-order valence-corrected chi connectivity index (χ0v) is 12.6. The van der Waals surface area contributed by atoms with Crippen molar-refractivity contribution in [3.63, 3.8) is 0 Å². The predicted molar refractivity (Wildman–Crippen MR) is 84.1 cm³/mol. The molecule has 2 rings (SSSR count). The van der Waals surface area contributed by atoms with Crippen molar-refractivity contribution >= 4 is 23.4 Å². The molecule has 0 radical (unpaired) electrons. The van der Waals surface area contributed by atoms with E-state index in [4.69, 9.17) is 10.5 Å². The second kappa shape index (κ2) is 7.43. The fourth-order valence-corrected chi connectivity index (χ4v) is 3.34. The van der Waals surface area contributed by atoms with Gasteiger partial charge in [0.2, 0.25) is 0 Å². The van der Waals surface area contributed by atoms with Crippen molar-refractivity contribution in [2.24, 2.45) is 0 Å². The molecule has 0 bridgehead atoms. The molecule has 0 aromatic heterocycles. The number of hydrogen-bond acceptors (Lipinski definition) is 4. The number of nitrogens with two attached hydrogens (primary N) is 1. The summed E-state index contributed by atoms with van der Waals surface area (Å²) in [6, 6.07) is 7.41. The number of amides is 1. The normalized spacial score (nSPS) is 22.2. The molecule has 1 amide bonds. The lowest BCUT2D eigenvalue weighted by atomic mass is 9.95. The Kier molecular flexibility index (Phi) is 5.59. The molecule has 1 aromatic rings. The van der Waals surface area contributed by atoms with Crippen LogP contribution in [0, 0.1) is 0 Å². The molecular formula is C15H22N2O2S. The molecule has 4 nitrogen and oxygen atoms in total. The molecule has 2 atom stereocenters. The first-order valence-electron chi connectivity index (χ1n) is 6.98. The van der Waals surface area contributed by atoms with Crippen LogP contribution in [0.25, 0.3) is 0 Å². The second-order valence-corrected chi connectivity index (χ2v) is 6.29. The van der Waals surface area contributed by atoms with Gasteiger partial charge in [0.05, 0.1) is 0 Å². The quantitative estimate of drug-likeness (QED) is 0.819. The summed E-state index contributed by atoms with van der Waals surface area (Å²) in [6.07, 6.45) is 6.71. The molecule has 1 fully saturated rings. The van der Waals surface area contributed by atoms with Crippen LogP contribution < -0.4 is 15.8 Å². The van der Waals surface area contributed by atoms with E-state index in [9.17, 15) is 4.79 Å². The van der Waals surface area contributed by atoms with Crippen molar-refractivity contribution in [2.75, 3.05) is 18.6 Å². The highest BCUT2D eigenvalue weighted by atomic mass is 32.2. The lowest BCUT2D eigenvalue weighted by molar-refractivity contribution is -0.124. The first-order valence-corrected chi connectivity index (χ1v) is 8.26. The van der Waals surface area contributed by atoms with Gasteiger partial charge in [0.15, 0.2) is 6.61 Å². The van der Waals surface area contributed by atoms with E-state index in [1.165, 1.54) is 12.8 Å². The molecule has 1 aliphatic carbocycles. The summed E-state index contributed by atoms with van der Waals surface area (Å²) in [7, 11) is 0. The number of rotatable bonds is 5. The van der Waals surface area contributed by atoms with Crippen molar-refractivity contribution in [2.45, 2.75) is 37.0 Å². The second-order valence-electron chi connectivity index (χ2n) is 5.15. The number of carbonyl (C=O) groups excluding carboxylic acids is 1. The third-order valence-corrected chi connectivity index (χ3v) is 4.65. The summed E-state index contributed by atoms with van der Waals surface area (Å²) in [4.78, 5) is 11.9. The highest BCUT2D eigenvalue weighted by Gasteiger charge is 2.22. The number of anilines is 1. The van der Waals surface area contributed by atoms with Gasteiger partial charge in [0, 0.05) is 23.0 Å². The number of ether oxygens (including phenoxy) is 1. The van der Waals surface area contributed by atoms with Crippen LogP contribution in [0.3, 0.4) is 0 Å². The van der Waals surface area contributed by atoms with Gasteiger partial charge in [-0.15, -0.1) is 0 Å². The van der Waals surface area contributed by atoms with Gasteiger partial charge in [0.25, 0.3) is 5.91 Å². The van der Waals surface area contributed by atoms with Crippen molar-refractivity contribution in [3.05, 3.63) is 24.3 Å². The number of nitrogen functional groups attached to an aromatic ring is 1. The highest BCUT2D eigenvalue weighted by molar-refractivity contribution is 7.99. The maximum Gasteiger partial charge on any atom is 0.258 e. The van der Waals surface area contributed by atoms with Crippen LogP contribution in [0.4, 0.5) is 5.69 Å². The zero-order chi connectivity index (χ0) is 14.4. The van der Waals surface area contributed by atoms with Crippen LogP contribution in [-0.4, -0.2) is 30.1 Å². The van der Waals surface area contributed by atoms with Crippen LogP contribution in [-0.2, 0) is 4.79 Å². The fraction of sp³-hybridized carbons (Fsp3) is 0.533. The number of nitrogens with one attached hydrogen (secondary N) is 1. The maximum absolute atomic E-state index is 11.9. The largest absolute Gasteiger partial charge is 0.484 e. The van der Waals surface area contributed by atoms with Crippen molar-refractivity contribution < 1.29 is 9.53 Å². The molecule has 1 aliphatic rings. The summed E-state index contributed by atoms with van der Waals surface area (Å²) < 4.78 is 5.45. The highest BCUT2D eigenvalue weighted by Crippen LogP contribution is 2.26. The van der Waals surface area contributed by atoms with Gasteiger partial charge < -0.3 is 15.8 Å². The third kappa shape index (κ3) is 4.63. The number of carbonyl (C=O) groups is 1. The topological polar surface area (TPSA) is 64.3 Å². The van der Waals surface area contributed by atoms with Gasteiger partial charge in [-0.25, -0.2) is 0 Å². The predicted octanol–water partition coefficient (Wildman–Crippen LogP) is 2.44. The van der Waals surface area contributed by atoms with Crippen molar-refractivity contribution in [3.8, 4) is 5.75 Å². The molecule has 0 heterocycles. The minimum absolute atomic E-state index is 0.0455. The first-order chi connectivity index (χ1) is 9.67. The lowest BCUT2D eigenvalue weighted by Gasteiger charge is -2.28. The van der Waals surface area contributed by atoms with Crippen LogP contribution >= 0.6 is 11.8 Å². The molecule has 0 aliphatic heterocycles. The molecular weight excluding hydrogens is 272 g/mol. The van der Waals surface area contributed by atoms with E-state index in [0.717, 1.165) is 12.8 Å². The minimum atomic E-state index is -0.0563.